The van der Waals surface area contributed by atoms with Crippen molar-refractivity contribution in [1.82, 2.24) is 9.29 Å². The number of thiazole rings is 1. The Labute approximate surface area is 149 Å². The van der Waals surface area contributed by atoms with E-state index in [1.54, 1.807) is 25.3 Å². The molecule has 2 aromatic rings. The van der Waals surface area contributed by atoms with Crippen molar-refractivity contribution in [3.05, 3.63) is 46.7 Å². The van der Waals surface area contributed by atoms with E-state index < -0.39 is 22.2 Å². The van der Waals surface area contributed by atoms with Gasteiger partial charge in [0, 0.05) is 24.5 Å². The molecule has 1 aromatic carbocycles. The van der Waals surface area contributed by atoms with Crippen molar-refractivity contribution < 1.29 is 17.6 Å². The van der Waals surface area contributed by atoms with Gasteiger partial charge in [-0.2, -0.15) is 12.7 Å². The normalized spacial score (nSPS) is 13.0. The molecular weight excluding hydrogens is 367 g/mol. The van der Waals surface area contributed by atoms with Crippen LogP contribution in [0.1, 0.15) is 23.8 Å². The number of carbonyl (C=O) groups is 1. The molecular formula is C15H19FN4O3S2. The van der Waals surface area contributed by atoms with Gasteiger partial charge in [-0.1, -0.05) is 19.1 Å². The van der Waals surface area contributed by atoms with Crippen molar-refractivity contribution in [2.75, 3.05) is 12.4 Å². The second-order valence-electron chi connectivity index (χ2n) is 5.41. The second kappa shape index (κ2) is 8.00. The van der Waals surface area contributed by atoms with Gasteiger partial charge in [-0.15, -0.1) is 11.3 Å². The molecule has 2 rings (SSSR count). The third-order valence-corrected chi connectivity index (χ3v) is 5.55. The van der Waals surface area contributed by atoms with Crippen molar-refractivity contribution in [2.24, 2.45) is 5.14 Å². The maximum absolute atomic E-state index is 13.2. The highest BCUT2D eigenvalue weighted by atomic mass is 32.2. The van der Waals surface area contributed by atoms with Gasteiger partial charge < -0.3 is 5.32 Å². The van der Waals surface area contributed by atoms with Crippen molar-refractivity contribution in [2.45, 2.75) is 25.8 Å². The lowest BCUT2D eigenvalue weighted by Crippen LogP contribution is -2.47. The first kappa shape index (κ1) is 19.4. The van der Waals surface area contributed by atoms with Gasteiger partial charge in [0.25, 0.3) is 10.2 Å². The number of hydrogen-bond acceptors (Lipinski definition) is 5. The SMILES string of the molecule is CC[C@H](C(=O)Nc1ncc(Cc2cccc(F)c2)s1)N(C)S(N)(=O)=O. The number of nitrogens with two attached hydrogens (primary N) is 1. The van der Waals surface area contributed by atoms with Crippen LogP contribution in [-0.2, 0) is 21.4 Å². The highest BCUT2D eigenvalue weighted by molar-refractivity contribution is 7.86. The number of anilines is 1. The van der Waals surface area contributed by atoms with Gasteiger partial charge in [-0.25, -0.2) is 14.5 Å². The third kappa shape index (κ3) is 5.30. The Bertz CT molecular complexity index is 854. The van der Waals surface area contributed by atoms with Crippen LogP contribution in [0.4, 0.5) is 9.52 Å². The zero-order valence-corrected chi connectivity index (χ0v) is 15.4. The van der Waals surface area contributed by atoms with E-state index in [0.717, 1.165) is 14.7 Å². The average molecular weight is 386 g/mol. The molecule has 25 heavy (non-hydrogen) atoms. The van der Waals surface area contributed by atoms with E-state index >= 15 is 0 Å². The molecule has 0 saturated carbocycles. The number of halogens is 1. The molecule has 1 heterocycles. The van der Waals surface area contributed by atoms with Crippen molar-refractivity contribution in [1.29, 1.82) is 0 Å². The second-order valence-corrected chi connectivity index (χ2v) is 8.13. The minimum Gasteiger partial charge on any atom is -0.301 e. The van der Waals surface area contributed by atoms with Crippen LogP contribution < -0.4 is 10.5 Å². The predicted molar refractivity (Wildman–Crippen MR) is 94.9 cm³/mol. The molecule has 0 spiro atoms. The quantitative estimate of drug-likeness (QED) is 0.756. The monoisotopic (exact) mass is 386 g/mol. The minimum atomic E-state index is -3.97. The molecule has 3 N–H and O–H groups in total. The molecule has 0 fully saturated rings. The number of carbonyl (C=O) groups excluding carboxylic acids is 1. The maximum atomic E-state index is 13.2. The Morgan fingerprint density at radius 1 is 1.48 bits per heavy atom. The molecule has 0 radical (unpaired) electrons. The van der Waals surface area contributed by atoms with Gasteiger partial charge in [-0.05, 0) is 24.1 Å². The number of amides is 1. The molecule has 1 atom stereocenters. The topological polar surface area (TPSA) is 105 Å². The summed E-state index contributed by atoms with van der Waals surface area (Å²) < 4.78 is 36.8. The number of benzene rings is 1. The molecule has 7 nitrogen and oxygen atoms in total. The molecule has 0 aliphatic rings. The number of nitrogens with one attached hydrogen (secondary N) is 1. The lowest BCUT2D eigenvalue weighted by atomic mass is 10.1. The molecule has 1 aromatic heterocycles. The Hall–Kier alpha value is -1.88. The van der Waals surface area contributed by atoms with Crippen molar-refractivity contribution in [3.63, 3.8) is 0 Å². The number of rotatable bonds is 7. The van der Waals surface area contributed by atoms with Crippen LogP contribution in [0.15, 0.2) is 30.5 Å². The summed E-state index contributed by atoms with van der Waals surface area (Å²) in [6, 6.07) is 5.31. The molecule has 0 saturated heterocycles. The highest BCUT2D eigenvalue weighted by Crippen LogP contribution is 2.22. The summed E-state index contributed by atoms with van der Waals surface area (Å²) in [7, 11) is -2.72. The van der Waals surface area contributed by atoms with Gasteiger partial charge in [-0.3, -0.25) is 4.79 Å². The minimum absolute atomic E-state index is 0.264. The fraction of sp³-hybridized carbons (Fsp3) is 0.333. The van der Waals surface area contributed by atoms with Crippen LogP contribution in [0, 0.1) is 5.82 Å². The smallest absolute Gasteiger partial charge is 0.277 e. The first-order chi connectivity index (χ1) is 11.7. The van der Waals surface area contributed by atoms with Gasteiger partial charge in [0.15, 0.2) is 5.13 Å². The van der Waals surface area contributed by atoms with Crippen molar-refractivity contribution in [3.8, 4) is 0 Å². The van der Waals surface area contributed by atoms with Gasteiger partial charge in [0.1, 0.15) is 11.9 Å². The summed E-state index contributed by atoms with van der Waals surface area (Å²) in [5.74, 6) is -0.821. The lowest BCUT2D eigenvalue weighted by Gasteiger charge is -2.22. The zero-order chi connectivity index (χ0) is 18.6. The van der Waals surface area contributed by atoms with E-state index in [1.165, 1.54) is 30.5 Å². The molecule has 1 amide bonds. The fourth-order valence-corrected chi connectivity index (χ4v) is 3.72. The Morgan fingerprint density at radius 2 is 2.20 bits per heavy atom. The Morgan fingerprint density at radius 3 is 2.80 bits per heavy atom. The molecule has 0 aliphatic heterocycles. The Balaban J connectivity index is 2.06. The molecule has 136 valence electrons. The van der Waals surface area contributed by atoms with Gasteiger partial charge in [0.05, 0.1) is 0 Å². The van der Waals surface area contributed by atoms with E-state index in [2.05, 4.69) is 10.3 Å². The highest BCUT2D eigenvalue weighted by Gasteiger charge is 2.28. The summed E-state index contributed by atoms with van der Waals surface area (Å²) in [6.45, 7) is 1.68. The van der Waals surface area contributed by atoms with E-state index in [4.69, 9.17) is 5.14 Å². The van der Waals surface area contributed by atoms with Crippen LogP contribution in [0.25, 0.3) is 0 Å². The van der Waals surface area contributed by atoms with Crippen LogP contribution in [0.3, 0.4) is 0 Å². The number of aromatic nitrogens is 1. The van der Waals surface area contributed by atoms with Crippen LogP contribution >= 0.6 is 11.3 Å². The van der Waals surface area contributed by atoms with Crippen LogP contribution in [-0.4, -0.2) is 36.7 Å². The van der Waals surface area contributed by atoms with E-state index in [9.17, 15) is 17.6 Å². The standard InChI is InChI=1S/C15H19FN4O3S2/c1-3-13(20(2)25(17,22)23)14(21)19-15-18-9-12(24-15)8-10-5-4-6-11(16)7-10/h4-7,9,13H,3,8H2,1-2H3,(H2,17,22,23)(H,18,19,21)/t13-/m1/s1. The lowest BCUT2D eigenvalue weighted by molar-refractivity contribution is -0.119. The zero-order valence-electron chi connectivity index (χ0n) is 13.8. The largest absolute Gasteiger partial charge is 0.301 e. The van der Waals surface area contributed by atoms with E-state index in [-0.39, 0.29) is 12.2 Å². The molecule has 0 unspecified atom stereocenters. The first-order valence-corrected chi connectivity index (χ1v) is 9.78. The number of hydrogen-bond donors (Lipinski definition) is 2. The van der Waals surface area contributed by atoms with E-state index in [0.29, 0.717) is 11.6 Å². The average Bonchev–Trinajstić information content (AvgIpc) is 2.94. The van der Waals surface area contributed by atoms with Crippen LogP contribution in [0.2, 0.25) is 0 Å². The van der Waals surface area contributed by atoms with Gasteiger partial charge in [0.2, 0.25) is 5.91 Å². The fourth-order valence-electron chi connectivity index (χ4n) is 2.27. The number of likely N-dealkylation sites (N-methyl/N-ethyl adjacent to an activating group) is 1. The maximum Gasteiger partial charge on any atom is 0.277 e. The summed E-state index contributed by atoms with van der Waals surface area (Å²) in [4.78, 5) is 17.2. The molecule has 10 heteroatoms. The summed E-state index contributed by atoms with van der Waals surface area (Å²) >= 11 is 1.24. The summed E-state index contributed by atoms with van der Waals surface area (Å²) in [6.07, 6.45) is 2.34. The summed E-state index contributed by atoms with van der Waals surface area (Å²) in [5.41, 5.74) is 0.793. The summed E-state index contributed by atoms with van der Waals surface area (Å²) in [5, 5.41) is 8.00. The molecule has 0 bridgehead atoms. The van der Waals surface area contributed by atoms with Crippen molar-refractivity contribution >= 4 is 32.6 Å². The third-order valence-electron chi connectivity index (χ3n) is 3.58. The Kier molecular flexibility index (Phi) is 6.22. The molecule has 0 aliphatic carbocycles. The number of nitrogens with zero attached hydrogens (tertiary/aromatic N) is 2. The first-order valence-electron chi connectivity index (χ1n) is 7.46. The van der Waals surface area contributed by atoms with Gasteiger partial charge >= 0.3 is 0 Å². The predicted octanol–water partition coefficient (Wildman–Crippen LogP) is 1.73. The van der Waals surface area contributed by atoms with Crippen LogP contribution in [0.5, 0.6) is 0 Å². The van der Waals surface area contributed by atoms with E-state index in [1.807, 2.05) is 0 Å².